The first-order valence-corrected chi connectivity index (χ1v) is 6.58. The van der Waals surface area contributed by atoms with Gasteiger partial charge in [0.1, 0.15) is 27.6 Å². The van der Waals surface area contributed by atoms with E-state index in [0.29, 0.717) is 0 Å². The normalized spacial score (nSPS) is 16.2. The summed E-state index contributed by atoms with van der Waals surface area (Å²) >= 11 is -0.809. The minimum atomic E-state index is -3.44. The van der Waals surface area contributed by atoms with Gasteiger partial charge in [-0.3, -0.25) is 0 Å². The van der Waals surface area contributed by atoms with Crippen LogP contribution in [0.4, 0.5) is 0 Å². The summed E-state index contributed by atoms with van der Waals surface area (Å²) in [5.74, 6) is 0. The highest BCUT2D eigenvalue weighted by atomic mass is 127. The van der Waals surface area contributed by atoms with Crippen molar-refractivity contribution in [1.82, 2.24) is 11.5 Å². The number of halogens is 1. The van der Waals surface area contributed by atoms with Crippen molar-refractivity contribution in [2.45, 2.75) is 0 Å². The van der Waals surface area contributed by atoms with E-state index < -0.39 is 31.5 Å². The first-order chi connectivity index (χ1) is 6.21. The maximum absolute atomic E-state index is 11.7. The van der Waals surface area contributed by atoms with Crippen molar-refractivity contribution in [3.8, 4) is 0 Å². The van der Waals surface area contributed by atoms with Crippen molar-refractivity contribution in [3.05, 3.63) is 31.1 Å². The summed E-state index contributed by atoms with van der Waals surface area (Å²) in [7, 11) is -3.44. The summed E-state index contributed by atoms with van der Waals surface area (Å²) in [6.07, 6.45) is 7.04. The molecular weight excluding hydrogens is 307 g/mol. The van der Waals surface area contributed by atoms with Gasteiger partial charge in [0.05, 0.1) is 6.20 Å². The Morgan fingerprint density at radius 2 is 2.23 bits per heavy atom. The lowest BCUT2D eigenvalue weighted by molar-refractivity contribution is 0.567. The van der Waals surface area contributed by atoms with E-state index in [-0.39, 0.29) is 0 Å². The fourth-order valence-corrected chi connectivity index (χ4v) is 3.95. The molecule has 0 bridgehead atoms. The van der Waals surface area contributed by atoms with Gasteiger partial charge in [0.15, 0.2) is 0 Å². The summed E-state index contributed by atoms with van der Waals surface area (Å²) in [6, 6.07) is 0. The molecule has 1 aliphatic heterocycles. The SMILES string of the molecule is O=S(=O)(N1C=CN=I1)n1ccnc1. The number of rotatable bonds is 2. The Kier molecular flexibility index (Phi) is 2.15. The van der Waals surface area contributed by atoms with E-state index in [2.05, 4.69) is 8.13 Å². The largest absolute Gasteiger partial charge is 0.339 e. The summed E-state index contributed by atoms with van der Waals surface area (Å²) in [5, 5.41) is 0. The van der Waals surface area contributed by atoms with Crippen LogP contribution in [0.2, 0.25) is 0 Å². The van der Waals surface area contributed by atoms with Crippen LogP contribution in [0.1, 0.15) is 0 Å². The van der Waals surface area contributed by atoms with Crippen molar-refractivity contribution in [2.24, 2.45) is 3.15 Å². The topological polar surface area (TPSA) is 67.6 Å². The zero-order chi connectivity index (χ0) is 9.31. The second-order valence-electron chi connectivity index (χ2n) is 2.11. The average molecular weight is 312 g/mol. The number of hydrogen-bond donors (Lipinski definition) is 0. The predicted octanol–water partition coefficient (Wildman–Crippen LogP) is 0.832. The number of imidazole rings is 1. The minimum absolute atomic E-state index is 0.809. The van der Waals surface area contributed by atoms with E-state index in [1.165, 1.54) is 33.6 Å². The second-order valence-corrected chi connectivity index (χ2v) is 6.51. The van der Waals surface area contributed by atoms with E-state index in [1.807, 2.05) is 0 Å². The van der Waals surface area contributed by atoms with Crippen LogP contribution in [-0.4, -0.2) is 19.9 Å². The highest BCUT2D eigenvalue weighted by Gasteiger charge is 2.20. The molecule has 1 aromatic rings. The molecule has 0 aromatic carbocycles. The summed E-state index contributed by atoms with van der Waals surface area (Å²) < 4.78 is 29.5. The van der Waals surface area contributed by atoms with Crippen LogP contribution >= 0.6 is 21.3 Å². The van der Waals surface area contributed by atoms with Crippen molar-refractivity contribution in [1.29, 1.82) is 0 Å². The molecule has 0 fully saturated rings. The molecule has 2 rings (SSSR count). The van der Waals surface area contributed by atoms with Gasteiger partial charge >= 0.3 is 10.2 Å². The number of aromatic nitrogens is 2. The maximum Gasteiger partial charge on any atom is 0.339 e. The van der Waals surface area contributed by atoms with E-state index in [9.17, 15) is 8.42 Å². The minimum Gasteiger partial charge on any atom is -0.244 e. The molecular formula is C5H5IN4O2S. The van der Waals surface area contributed by atoms with Gasteiger partial charge in [-0.25, -0.2) is 12.1 Å². The Balaban J connectivity index is 2.43. The number of nitrogens with zero attached hydrogens (tertiary/aromatic N) is 4. The van der Waals surface area contributed by atoms with Crippen LogP contribution in [0.3, 0.4) is 0 Å². The van der Waals surface area contributed by atoms with Crippen LogP contribution in [0.15, 0.2) is 34.3 Å². The van der Waals surface area contributed by atoms with Crippen LogP contribution < -0.4 is 0 Å². The van der Waals surface area contributed by atoms with Crippen LogP contribution in [0.25, 0.3) is 0 Å². The van der Waals surface area contributed by atoms with Gasteiger partial charge in [0.2, 0.25) is 0 Å². The molecule has 1 aromatic heterocycles. The molecule has 0 amide bonds. The zero-order valence-electron chi connectivity index (χ0n) is 6.28. The van der Waals surface area contributed by atoms with Gasteiger partial charge in [-0.15, -0.1) is 0 Å². The third kappa shape index (κ3) is 1.50. The van der Waals surface area contributed by atoms with Crippen LogP contribution in [0.5, 0.6) is 0 Å². The van der Waals surface area contributed by atoms with Crippen LogP contribution in [-0.2, 0) is 10.2 Å². The van der Waals surface area contributed by atoms with Gasteiger partial charge in [-0.2, -0.15) is 10.9 Å². The first kappa shape index (κ1) is 8.81. The molecule has 8 heteroatoms. The Bertz CT molecular complexity index is 437. The van der Waals surface area contributed by atoms with E-state index in [0.717, 1.165) is 3.97 Å². The predicted molar refractivity (Wildman–Crippen MR) is 54.0 cm³/mol. The van der Waals surface area contributed by atoms with Crippen molar-refractivity contribution in [2.75, 3.05) is 0 Å². The van der Waals surface area contributed by atoms with Crippen LogP contribution in [0, 0.1) is 0 Å². The summed E-state index contributed by atoms with van der Waals surface area (Å²) in [6.45, 7) is 0. The lowest BCUT2D eigenvalue weighted by atomic mass is 11.0. The fraction of sp³-hybridized carbons (Fsp3) is 0. The summed E-state index contributed by atoms with van der Waals surface area (Å²) in [4.78, 5) is 3.67. The molecule has 70 valence electrons. The zero-order valence-corrected chi connectivity index (χ0v) is 9.25. The van der Waals surface area contributed by atoms with Gasteiger partial charge in [-0.1, -0.05) is 0 Å². The molecule has 1 aliphatic rings. The highest BCUT2D eigenvalue weighted by Crippen LogP contribution is 2.23. The van der Waals surface area contributed by atoms with Gasteiger partial charge in [0.25, 0.3) is 0 Å². The Morgan fingerprint density at radius 3 is 2.77 bits per heavy atom. The van der Waals surface area contributed by atoms with E-state index >= 15 is 0 Å². The van der Waals surface area contributed by atoms with Gasteiger partial charge in [0, 0.05) is 18.6 Å². The van der Waals surface area contributed by atoms with Crippen molar-refractivity contribution in [3.63, 3.8) is 0 Å². The molecule has 13 heavy (non-hydrogen) atoms. The van der Waals surface area contributed by atoms with Gasteiger partial charge in [-0.05, 0) is 0 Å². The molecule has 6 nitrogen and oxygen atoms in total. The van der Waals surface area contributed by atoms with Gasteiger partial charge < -0.3 is 0 Å². The maximum atomic E-state index is 11.7. The second kappa shape index (κ2) is 3.18. The molecule has 0 aliphatic carbocycles. The standard InChI is InChI=1S/C5H5IN4O2S/c11-13(12,9-3-1-7-5-9)10-4-2-8-6-10/h1-5H. The molecule has 2 heterocycles. The molecule has 0 unspecified atom stereocenters. The van der Waals surface area contributed by atoms with Crippen molar-refractivity contribution < 1.29 is 8.42 Å². The lowest BCUT2D eigenvalue weighted by Crippen LogP contribution is -2.22. The fourth-order valence-electron chi connectivity index (χ4n) is 0.760. The molecule has 0 N–H and O–H groups in total. The highest BCUT2D eigenvalue weighted by molar-refractivity contribution is 14.1. The molecule has 0 saturated heterocycles. The monoisotopic (exact) mass is 312 g/mol. The Labute approximate surface area is 85.6 Å². The lowest BCUT2D eigenvalue weighted by Gasteiger charge is -2.10. The Hall–Kier alpha value is -0.770. The Morgan fingerprint density at radius 1 is 1.38 bits per heavy atom. The van der Waals surface area contributed by atoms with Crippen molar-refractivity contribution >= 4 is 31.5 Å². The quantitative estimate of drug-likeness (QED) is 0.600. The first-order valence-electron chi connectivity index (χ1n) is 3.25. The smallest absolute Gasteiger partial charge is 0.244 e. The third-order valence-electron chi connectivity index (χ3n) is 1.33. The molecule has 0 atom stereocenters. The number of hydrogen-bond acceptors (Lipinski definition) is 4. The summed E-state index contributed by atoms with van der Waals surface area (Å²) in [5.41, 5.74) is 0. The molecule has 0 saturated carbocycles. The molecule has 0 radical (unpaired) electrons. The van der Waals surface area contributed by atoms with E-state index in [4.69, 9.17) is 0 Å². The van der Waals surface area contributed by atoms with E-state index in [1.54, 1.807) is 0 Å². The third-order valence-corrected chi connectivity index (χ3v) is 5.86. The average Bonchev–Trinajstić information content (AvgIpc) is 2.78. The molecule has 0 spiro atoms.